The topological polar surface area (TPSA) is 77.1 Å². The zero-order valence-corrected chi connectivity index (χ0v) is 18.0. The number of nitrogens with zero attached hydrogens (tertiary/aromatic N) is 1. The Balaban J connectivity index is 1.86. The van der Waals surface area contributed by atoms with Crippen molar-refractivity contribution in [3.05, 3.63) is 59.2 Å². The van der Waals surface area contributed by atoms with Gasteiger partial charge in [-0.1, -0.05) is 30.3 Å². The summed E-state index contributed by atoms with van der Waals surface area (Å²) in [5.74, 6) is 0.818. The van der Waals surface area contributed by atoms with Crippen molar-refractivity contribution in [2.45, 2.75) is 24.0 Å². The number of benzene rings is 2. The van der Waals surface area contributed by atoms with Crippen LogP contribution >= 0.6 is 0 Å². The highest BCUT2D eigenvalue weighted by Gasteiger charge is 2.44. The van der Waals surface area contributed by atoms with E-state index >= 15 is 0 Å². The number of hydroxylamine groups is 2. The summed E-state index contributed by atoms with van der Waals surface area (Å²) in [6.07, 6.45) is -4.51. The van der Waals surface area contributed by atoms with Crippen molar-refractivity contribution in [1.82, 2.24) is 9.79 Å². The third kappa shape index (κ3) is 4.95. The number of hydrogen-bond donors (Lipinski definition) is 1. The Morgan fingerprint density at radius 2 is 1.87 bits per heavy atom. The fraction of sp³-hybridized carbons (Fsp3) is 0.400. The summed E-state index contributed by atoms with van der Waals surface area (Å²) in [4.78, 5) is 5.48. The number of hydrogen-bond acceptors (Lipinski definition) is 6. The van der Waals surface area contributed by atoms with E-state index in [4.69, 9.17) is 14.3 Å². The molecule has 11 heteroatoms. The highest BCUT2D eigenvalue weighted by Crippen LogP contribution is 2.42. The van der Waals surface area contributed by atoms with Crippen LogP contribution in [0.4, 0.5) is 13.2 Å². The van der Waals surface area contributed by atoms with Crippen LogP contribution in [0.2, 0.25) is 0 Å². The molecule has 0 bridgehead atoms. The molecule has 170 valence electrons. The Labute approximate surface area is 178 Å². The van der Waals surface area contributed by atoms with Gasteiger partial charge in [-0.25, -0.2) is 13.1 Å². The molecule has 2 aromatic rings. The van der Waals surface area contributed by atoms with Gasteiger partial charge in [0.15, 0.2) is 11.5 Å². The van der Waals surface area contributed by atoms with Crippen molar-refractivity contribution < 1.29 is 35.9 Å². The van der Waals surface area contributed by atoms with Crippen LogP contribution in [0.25, 0.3) is 0 Å². The van der Waals surface area contributed by atoms with E-state index in [9.17, 15) is 21.6 Å². The third-order valence-corrected chi connectivity index (χ3v) is 6.81. The summed E-state index contributed by atoms with van der Waals surface area (Å²) in [6, 6.07) is 8.91. The largest absolute Gasteiger partial charge is 0.493 e. The van der Waals surface area contributed by atoms with Crippen molar-refractivity contribution in [2.75, 3.05) is 27.9 Å². The van der Waals surface area contributed by atoms with E-state index in [-0.39, 0.29) is 18.7 Å². The molecule has 3 rings (SSSR count). The molecule has 1 aliphatic heterocycles. The Kier molecular flexibility index (Phi) is 6.79. The number of para-hydroxylation sites is 1. The van der Waals surface area contributed by atoms with Crippen LogP contribution in [-0.2, 0) is 27.6 Å². The van der Waals surface area contributed by atoms with E-state index in [2.05, 4.69) is 4.72 Å². The van der Waals surface area contributed by atoms with Gasteiger partial charge >= 0.3 is 6.18 Å². The van der Waals surface area contributed by atoms with Crippen molar-refractivity contribution in [3.63, 3.8) is 0 Å². The van der Waals surface area contributed by atoms with E-state index in [0.717, 1.165) is 12.1 Å². The van der Waals surface area contributed by atoms with Gasteiger partial charge in [-0.05, 0) is 17.7 Å². The molecular weight excluding hydrogens is 437 g/mol. The lowest BCUT2D eigenvalue weighted by Gasteiger charge is -2.25. The zero-order chi connectivity index (χ0) is 22.8. The van der Waals surface area contributed by atoms with Gasteiger partial charge in [0, 0.05) is 19.2 Å². The molecular formula is C20H23F3N2O5S. The molecule has 2 atom stereocenters. The number of ether oxygens (including phenoxy) is 2. The van der Waals surface area contributed by atoms with Crippen molar-refractivity contribution >= 4 is 10.0 Å². The summed E-state index contributed by atoms with van der Waals surface area (Å²) in [5, 5.41) is 0.398. The zero-order valence-electron chi connectivity index (χ0n) is 17.1. The predicted molar refractivity (Wildman–Crippen MR) is 107 cm³/mol. The molecule has 2 aromatic carbocycles. The molecule has 0 amide bonds. The molecule has 1 N–H and O–H groups in total. The summed E-state index contributed by atoms with van der Waals surface area (Å²) in [6.45, 7) is -0.409. The van der Waals surface area contributed by atoms with Gasteiger partial charge in [-0.2, -0.15) is 18.2 Å². The van der Waals surface area contributed by atoms with Crippen LogP contribution in [0.1, 0.15) is 22.7 Å². The molecule has 0 unspecified atom stereocenters. The van der Waals surface area contributed by atoms with Gasteiger partial charge in [0.1, 0.15) is 5.25 Å². The number of halogens is 3. The van der Waals surface area contributed by atoms with Crippen molar-refractivity contribution in [1.29, 1.82) is 0 Å². The Morgan fingerprint density at radius 1 is 1.16 bits per heavy atom. The predicted octanol–water partition coefficient (Wildman–Crippen LogP) is 3.13. The van der Waals surface area contributed by atoms with Crippen LogP contribution in [-0.4, -0.2) is 46.6 Å². The normalized spacial score (nSPS) is 20.1. The number of methoxy groups -OCH3 is 2. The minimum atomic E-state index is -4.51. The number of sulfonamides is 1. The first-order valence-electron chi connectivity index (χ1n) is 9.29. The average molecular weight is 460 g/mol. The number of nitrogens with one attached hydrogen (secondary N) is 1. The lowest BCUT2D eigenvalue weighted by Crippen LogP contribution is -2.39. The molecule has 0 aliphatic carbocycles. The minimum absolute atomic E-state index is 0.126. The van der Waals surface area contributed by atoms with E-state index < -0.39 is 33.1 Å². The first-order valence-corrected chi connectivity index (χ1v) is 10.8. The smallest absolute Gasteiger partial charge is 0.416 e. The first kappa shape index (κ1) is 23.3. The maximum absolute atomic E-state index is 13.1. The monoisotopic (exact) mass is 460 g/mol. The summed E-state index contributed by atoms with van der Waals surface area (Å²) in [7, 11) is 0.552. The number of rotatable bonds is 7. The fourth-order valence-corrected chi connectivity index (χ4v) is 5.02. The molecule has 7 nitrogen and oxygen atoms in total. The van der Waals surface area contributed by atoms with Crippen molar-refractivity contribution in [3.8, 4) is 11.5 Å². The molecule has 0 saturated carbocycles. The summed E-state index contributed by atoms with van der Waals surface area (Å²) >= 11 is 0. The maximum Gasteiger partial charge on any atom is 0.416 e. The highest BCUT2D eigenvalue weighted by molar-refractivity contribution is 7.90. The second-order valence-corrected chi connectivity index (χ2v) is 8.96. The van der Waals surface area contributed by atoms with Gasteiger partial charge in [-0.3, -0.25) is 4.84 Å². The molecule has 1 fully saturated rings. The van der Waals surface area contributed by atoms with Crippen LogP contribution in [0, 0.1) is 0 Å². The molecule has 0 spiro atoms. The standard InChI is InChI=1S/C20H23F3N2O5S/c1-25-18(15-8-5-9-16(28-2)19(15)29-3)17(12-30-25)31(26,27)24-11-13-6-4-7-14(10-13)20(21,22)23/h4-10,17-18,24H,11-12H2,1-3H3/t17-,18-/m1/s1. The lowest BCUT2D eigenvalue weighted by atomic mass is 10.0. The quantitative estimate of drug-likeness (QED) is 0.684. The van der Waals surface area contributed by atoms with Gasteiger partial charge in [0.25, 0.3) is 0 Å². The minimum Gasteiger partial charge on any atom is -0.493 e. The highest BCUT2D eigenvalue weighted by atomic mass is 32.2. The summed E-state index contributed by atoms with van der Waals surface area (Å²) in [5.41, 5.74) is -0.0930. The number of alkyl halides is 3. The Bertz CT molecular complexity index is 1030. The molecule has 0 radical (unpaired) electrons. The van der Waals surface area contributed by atoms with Crippen molar-refractivity contribution in [2.24, 2.45) is 0 Å². The summed E-state index contributed by atoms with van der Waals surface area (Å²) < 4.78 is 78.0. The fourth-order valence-electron chi connectivity index (χ4n) is 3.55. The van der Waals surface area contributed by atoms with Crippen LogP contribution in [0.5, 0.6) is 11.5 Å². The van der Waals surface area contributed by atoms with Crippen LogP contribution in [0.15, 0.2) is 42.5 Å². The van der Waals surface area contributed by atoms with E-state index in [0.29, 0.717) is 17.1 Å². The average Bonchev–Trinajstić information content (AvgIpc) is 3.13. The maximum atomic E-state index is 13.1. The molecule has 0 aromatic heterocycles. The molecule has 1 saturated heterocycles. The lowest BCUT2D eigenvalue weighted by molar-refractivity contribution is -0.137. The molecule has 1 aliphatic rings. The molecule has 31 heavy (non-hydrogen) atoms. The SMILES string of the molecule is COc1cccc([C@@H]2[C@H](S(=O)(=O)NCc3cccc(C(F)(F)F)c3)CON2C)c1OC. The molecule has 1 heterocycles. The Morgan fingerprint density at radius 3 is 2.52 bits per heavy atom. The second-order valence-electron chi connectivity index (χ2n) is 6.97. The Hall–Kier alpha value is -2.34. The van der Waals surface area contributed by atoms with E-state index in [1.54, 1.807) is 25.2 Å². The third-order valence-electron chi connectivity index (χ3n) is 5.07. The van der Waals surface area contributed by atoms with Gasteiger partial charge in [0.2, 0.25) is 10.0 Å². The van der Waals surface area contributed by atoms with E-state index in [1.807, 2.05) is 0 Å². The van der Waals surface area contributed by atoms with Gasteiger partial charge in [-0.15, -0.1) is 0 Å². The second kappa shape index (κ2) is 9.03. The van der Waals surface area contributed by atoms with Gasteiger partial charge in [0.05, 0.1) is 32.4 Å². The first-order chi connectivity index (χ1) is 14.6. The van der Waals surface area contributed by atoms with E-state index in [1.165, 1.54) is 31.4 Å². The van der Waals surface area contributed by atoms with Crippen LogP contribution in [0.3, 0.4) is 0 Å². The van der Waals surface area contributed by atoms with Crippen LogP contribution < -0.4 is 14.2 Å². The van der Waals surface area contributed by atoms with Gasteiger partial charge < -0.3 is 9.47 Å².